The second-order valence-corrected chi connectivity index (χ2v) is 6.98. The van der Waals surface area contributed by atoms with Gasteiger partial charge < -0.3 is 24.6 Å². The smallest absolute Gasteiger partial charge is 0.251 e. The van der Waals surface area contributed by atoms with E-state index in [0.29, 0.717) is 42.6 Å². The van der Waals surface area contributed by atoms with Gasteiger partial charge in [0.25, 0.3) is 5.91 Å². The zero-order chi connectivity index (χ0) is 19.9. The van der Waals surface area contributed by atoms with E-state index >= 15 is 0 Å². The molecule has 0 aliphatic heterocycles. The average molecular weight is 394 g/mol. The van der Waals surface area contributed by atoms with Crippen LogP contribution in [0, 0.1) is 0 Å². The van der Waals surface area contributed by atoms with Crippen molar-refractivity contribution in [1.29, 1.82) is 0 Å². The van der Waals surface area contributed by atoms with Crippen molar-refractivity contribution in [2.45, 2.75) is 33.3 Å². The van der Waals surface area contributed by atoms with Crippen LogP contribution in [0.4, 0.5) is 0 Å². The summed E-state index contributed by atoms with van der Waals surface area (Å²) < 4.78 is 16.9. The van der Waals surface area contributed by atoms with E-state index in [1.54, 1.807) is 19.1 Å². The zero-order valence-electron chi connectivity index (χ0n) is 16.2. The molecule has 0 saturated carbocycles. The molecular formula is C20H27NO5S. The van der Waals surface area contributed by atoms with E-state index in [1.807, 2.05) is 38.3 Å². The highest BCUT2D eigenvalue weighted by atomic mass is 32.1. The van der Waals surface area contributed by atoms with Crippen molar-refractivity contribution in [2.75, 3.05) is 26.4 Å². The lowest BCUT2D eigenvalue weighted by Gasteiger charge is -2.22. The molecule has 2 aromatic rings. The summed E-state index contributed by atoms with van der Waals surface area (Å²) in [6, 6.07) is 6.97. The Morgan fingerprint density at radius 2 is 1.70 bits per heavy atom. The van der Waals surface area contributed by atoms with Gasteiger partial charge >= 0.3 is 0 Å². The highest BCUT2D eigenvalue weighted by molar-refractivity contribution is 7.10. The van der Waals surface area contributed by atoms with Crippen LogP contribution in [-0.4, -0.2) is 37.4 Å². The lowest BCUT2D eigenvalue weighted by molar-refractivity contribution is 0.0556. The Kier molecular flexibility index (Phi) is 7.50. The number of benzene rings is 1. The number of thiophene rings is 1. The molecule has 0 radical (unpaired) electrons. The molecule has 0 spiro atoms. The zero-order valence-corrected chi connectivity index (χ0v) is 17.0. The standard InChI is InChI=1S/C20H27NO5S/c1-5-24-15-11-14(12-16(25-6-2)18(15)26-7-3)19(22)21-13-20(4,23)17-9-8-10-27-17/h8-12,23H,5-7,13H2,1-4H3,(H,21,22)/t20-/m0/s1. The lowest BCUT2D eigenvalue weighted by atomic mass is 10.0. The molecule has 0 saturated heterocycles. The van der Waals surface area contributed by atoms with E-state index in [2.05, 4.69) is 5.32 Å². The fraction of sp³-hybridized carbons (Fsp3) is 0.450. The second-order valence-electron chi connectivity index (χ2n) is 6.03. The SMILES string of the molecule is CCOc1cc(C(=O)NC[C@](C)(O)c2cccs2)cc(OCC)c1OCC. The molecule has 2 rings (SSSR count). The Morgan fingerprint density at radius 3 is 2.19 bits per heavy atom. The number of carbonyl (C=O) groups excluding carboxylic acids is 1. The van der Waals surface area contributed by atoms with Crippen molar-refractivity contribution in [3.05, 3.63) is 40.1 Å². The fourth-order valence-electron chi connectivity index (χ4n) is 2.55. The molecule has 0 aliphatic carbocycles. The summed E-state index contributed by atoms with van der Waals surface area (Å²) in [6.07, 6.45) is 0. The Bertz CT molecular complexity index is 716. The first kappa shape index (κ1) is 21.1. The summed E-state index contributed by atoms with van der Waals surface area (Å²) in [5.41, 5.74) is -0.757. The second kappa shape index (κ2) is 9.62. The summed E-state index contributed by atoms with van der Waals surface area (Å²) >= 11 is 1.45. The third-order valence-electron chi connectivity index (χ3n) is 3.82. The van der Waals surface area contributed by atoms with Crippen LogP contribution in [0.1, 0.15) is 42.9 Å². The third kappa shape index (κ3) is 5.37. The molecule has 27 heavy (non-hydrogen) atoms. The van der Waals surface area contributed by atoms with Gasteiger partial charge in [-0.05, 0) is 51.3 Å². The molecule has 1 aromatic carbocycles. The Morgan fingerprint density at radius 1 is 1.11 bits per heavy atom. The number of rotatable bonds is 10. The van der Waals surface area contributed by atoms with Gasteiger partial charge in [-0.25, -0.2) is 0 Å². The molecule has 1 heterocycles. The first-order valence-electron chi connectivity index (χ1n) is 9.03. The Balaban J connectivity index is 2.24. The van der Waals surface area contributed by atoms with E-state index in [1.165, 1.54) is 11.3 Å². The van der Waals surface area contributed by atoms with Crippen LogP contribution < -0.4 is 19.5 Å². The first-order valence-corrected chi connectivity index (χ1v) is 9.91. The van der Waals surface area contributed by atoms with Gasteiger partial charge in [-0.15, -0.1) is 11.3 Å². The van der Waals surface area contributed by atoms with Crippen LogP contribution in [0.3, 0.4) is 0 Å². The van der Waals surface area contributed by atoms with Gasteiger partial charge in [-0.2, -0.15) is 0 Å². The number of hydrogen-bond donors (Lipinski definition) is 2. The summed E-state index contributed by atoms with van der Waals surface area (Å²) in [7, 11) is 0. The van der Waals surface area contributed by atoms with Gasteiger partial charge in [0, 0.05) is 10.4 Å². The van der Waals surface area contributed by atoms with Crippen LogP contribution in [0.5, 0.6) is 17.2 Å². The van der Waals surface area contributed by atoms with Crippen molar-refractivity contribution in [2.24, 2.45) is 0 Å². The lowest BCUT2D eigenvalue weighted by Crippen LogP contribution is -2.38. The minimum absolute atomic E-state index is 0.0908. The van der Waals surface area contributed by atoms with Gasteiger partial charge in [-0.3, -0.25) is 4.79 Å². The normalized spacial score (nSPS) is 12.9. The van der Waals surface area contributed by atoms with Gasteiger partial charge in [0.05, 0.1) is 26.4 Å². The van der Waals surface area contributed by atoms with Crippen molar-refractivity contribution in [3.63, 3.8) is 0 Å². The molecule has 1 atom stereocenters. The molecule has 6 nitrogen and oxygen atoms in total. The molecule has 7 heteroatoms. The van der Waals surface area contributed by atoms with Crippen LogP contribution in [-0.2, 0) is 5.60 Å². The maximum Gasteiger partial charge on any atom is 0.251 e. The van der Waals surface area contributed by atoms with Gasteiger partial charge in [0.1, 0.15) is 5.60 Å². The molecule has 148 valence electrons. The van der Waals surface area contributed by atoms with Crippen LogP contribution >= 0.6 is 11.3 Å². The quantitative estimate of drug-likeness (QED) is 0.645. The van der Waals surface area contributed by atoms with Crippen LogP contribution in [0.15, 0.2) is 29.6 Å². The van der Waals surface area contributed by atoms with Gasteiger partial charge in [-0.1, -0.05) is 6.07 Å². The predicted octanol–water partition coefficient (Wildman–Crippen LogP) is 3.58. The monoisotopic (exact) mass is 393 g/mol. The molecule has 2 N–H and O–H groups in total. The molecule has 1 aromatic heterocycles. The first-order chi connectivity index (χ1) is 12.9. The molecule has 0 bridgehead atoms. The fourth-order valence-corrected chi connectivity index (χ4v) is 3.33. The largest absolute Gasteiger partial charge is 0.490 e. The van der Waals surface area contributed by atoms with E-state index in [-0.39, 0.29) is 12.5 Å². The van der Waals surface area contributed by atoms with E-state index < -0.39 is 5.60 Å². The number of ether oxygens (including phenoxy) is 3. The van der Waals surface area contributed by atoms with Crippen molar-refractivity contribution < 1.29 is 24.1 Å². The molecule has 0 fully saturated rings. The molecular weight excluding hydrogens is 366 g/mol. The average Bonchev–Trinajstić information content (AvgIpc) is 3.18. The van der Waals surface area contributed by atoms with Gasteiger partial charge in [0.2, 0.25) is 5.75 Å². The Hall–Kier alpha value is -2.25. The number of amides is 1. The molecule has 1 amide bonds. The maximum atomic E-state index is 12.7. The predicted molar refractivity (Wildman–Crippen MR) is 106 cm³/mol. The summed E-state index contributed by atoms with van der Waals surface area (Å²) in [4.78, 5) is 13.5. The summed E-state index contributed by atoms with van der Waals surface area (Å²) in [6.45, 7) is 8.69. The van der Waals surface area contributed by atoms with Crippen LogP contribution in [0.25, 0.3) is 0 Å². The minimum atomic E-state index is -1.14. The van der Waals surface area contributed by atoms with Crippen molar-refractivity contribution in [3.8, 4) is 17.2 Å². The number of carbonyl (C=O) groups is 1. The summed E-state index contributed by atoms with van der Waals surface area (Å²) in [5, 5.41) is 15.3. The Labute approximate surface area is 164 Å². The number of hydrogen-bond acceptors (Lipinski definition) is 6. The third-order valence-corrected chi connectivity index (χ3v) is 4.94. The number of aliphatic hydroxyl groups is 1. The topological polar surface area (TPSA) is 77.0 Å². The summed E-state index contributed by atoms with van der Waals surface area (Å²) in [5.74, 6) is 1.08. The van der Waals surface area contributed by atoms with E-state index in [4.69, 9.17) is 14.2 Å². The highest BCUT2D eigenvalue weighted by Gasteiger charge is 2.26. The van der Waals surface area contributed by atoms with Gasteiger partial charge in [0.15, 0.2) is 11.5 Å². The van der Waals surface area contributed by atoms with Crippen LogP contribution in [0.2, 0.25) is 0 Å². The number of nitrogens with one attached hydrogen (secondary N) is 1. The van der Waals surface area contributed by atoms with Crippen molar-refractivity contribution >= 4 is 17.2 Å². The van der Waals surface area contributed by atoms with Crippen molar-refractivity contribution in [1.82, 2.24) is 5.32 Å². The molecule has 0 unspecified atom stereocenters. The highest BCUT2D eigenvalue weighted by Crippen LogP contribution is 2.39. The molecule has 0 aliphatic rings. The van der Waals surface area contributed by atoms with E-state index in [9.17, 15) is 9.90 Å². The van der Waals surface area contributed by atoms with E-state index in [0.717, 1.165) is 4.88 Å². The maximum absolute atomic E-state index is 12.7. The minimum Gasteiger partial charge on any atom is -0.490 e.